The molecule has 1 aromatic heterocycles. The number of para-hydroxylation sites is 1. The molecule has 0 amide bonds. The maximum absolute atomic E-state index is 4.71. The van der Waals surface area contributed by atoms with Crippen molar-refractivity contribution in [3.63, 3.8) is 0 Å². The van der Waals surface area contributed by atoms with Gasteiger partial charge in [-0.15, -0.1) is 12.4 Å². The first kappa shape index (κ1) is 16.0. The van der Waals surface area contributed by atoms with Crippen molar-refractivity contribution >= 4 is 23.3 Å². The fourth-order valence-electron chi connectivity index (χ4n) is 2.19. The quantitative estimate of drug-likeness (QED) is 0.881. The van der Waals surface area contributed by atoms with Crippen molar-refractivity contribution in [3.8, 4) is 0 Å². The number of fused-ring (bicyclic) bond motifs is 1. The molecule has 5 heteroatoms. The third-order valence-electron chi connectivity index (χ3n) is 3.20. The van der Waals surface area contributed by atoms with Crippen LogP contribution in [0.1, 0.15) is 12.6 Å². The highest BCUT2D eigenvalue weighted by Gasteiger charge is 2.10. The average molecular weight is 283 g/mol. The SMILES string of the molecule is CCn1nc(CN(C)CCNC)c2ccccc21.Cl. The molecule has 1 aromatic carbocycles. The van der Waals surface area contributed by atoms with Gasteiger partial charge in [0.05, 0.1) is 11.2 Å². The summed E-state index contributed by atoms with van der Waals surface area (Å²) < 4.78 is 2.08. The number of nitrogens with zero attached hydrogens (tertiary/aromatic N) is 3. The van der Waals surface area contributed by atoms with Crippen LogP contribution in [0, 0.1) is 0 Å². The van der Waals surface area contributed by atoms with Crippen LogP contribution in [0.15, 0.2) is 24.3 Å². The van der Waals surface area contributed by atoms with Gasteiger partial charge in [-0.25, -0.2) is 0 Å². The van der Waals surface area contributed by atoms with E-state index in [4.69, 9.17) is 5.10 Å². The first-order valence-corrected chi connectivity index (χ1v) is 6.53. The Bertz CT molecular complexity index is 509. The molecule has 0 radical (unpaired) electrons. The lowest BCUT2D eigenvalue weighted by Gasteiger charge is -2.14. The number of aryl methyl sites for hydroxylation is 1. The highest BCUT2D eigenvalue weighted by atomic mass is 35.5. The molecule has 0 aliphatic heterocycles. The molecule has 0 aliphatic carbocycles. The van der Waals surface area contributed by atoms with E-state index in [9.17, 15) is 0 Å². The zero-order chi connectivity index (χ0) is 13.0. The smallest absolute Gasteiger partial charge is 0.0843 e. The Morgan fingerprint density at radius 2 is 2.05 bits per heavy atom. The first-order chi connectivity index (χ1) is 8.76. The molecule has 0 aliphatic rings. The maximum Gasteiger partial charge on any atom is 0.0843 e. The van der Waals surface area contributed by atoms with E-state index in [0.717, 1.165) is 26.2 Å². The van der Waals surface area contributed by atoms with E-state index in [0.29, 0.717) is 0 Å². The third kappa shape index (κ3) is 3.69. The van der Waals surface area contributed by atoms with Crippen molar-refractivity contribution in [1.29, 1.82) is 0 Å². The number of halogens is 1. The van der Waals surface area contributed by atoms with Crippen LogP contribution in [0.3, 0.4) is 0 Å². The van der Waals surface area contributed by atoms with Crippen molar-refractivity contribution in [2.24, 2.45) is 0 Å². The Kier molecular flexibility index (Phi) is 6.28. The van der Waals surface area contributed by atoms with Crippen LogP contribution < -0.4 is 5.32 Å². The van der Waals surface area contributed by atoms with Crippen LogP contribution in [0.4, 0.5) is 0 Å². The van der Waals surface area contributed by atoms with Gasteiger partial charge in [0.2, 0.25) is 0 Å². The summed E-state index contributed by atoms with van der Waals surface area (Å²) in [5, 5.41) is 9.15. The Balaban J connectivity index is 0.00000180. The van der Waals surface area contributed by atoms with Gasteiger partial charge < -0.3 is 5.32 Å². The Morgan fingerprint density at radius 3 is 2.74 bits per heavy atom. The molecule has 1 N–H and O–H groups in total. The van der Waals surface area contributed by atoms with Crippen LogP contribution in [-0.2, 0) is 13.1 Å². The third-order valence-corrected chi connectivity index (χ3v) is 3.20. The Morgan fingerprint density at radius 1 is 1.32 bits per heavy atom. The largest absolute Gasteiger partial charge is 0.318 e. The van der Waals surface area contributed by atoms with Gasteiger partial charge in [-0.3, -0.25) is 9.58 Å². The van der Waals surface area contributed by atoms with E-state index >= 15 is 0 Å². The van der Waals surface area contributed by atoms with Crippen molar-refractivity contribution in [3.05, 3.63) is 30.0 Å². The number of hydrogen-bond donors (Lipinski definition) is 1. The summed E-state index contributed by atoms with van der Waals surface area (Å²) in [6.45, 7) is 5.98. The second kappa shape index (κ2) is 7.48. The number of hydrogen-bond acceptors (Lipinski definition) is 3. The van der Waals surface area contributed by atoms with E-state index in [1.54, 1.807) is 0 Å². The fraction of sp³-hybridized carbons (Fsp3) is 0.500. The predicted molar refractivity (Wildman–Crippen MR) is 82.9 cm³/mol. The summed E-state index contributed by atoms with van der Waals surface area (Å²) in [6, 6.07) is 8.46. The van der Waals surface area contributed by atoms with Gasteiger partial charge in [-0.1, -0.05) is 18.2 Å². The zero-order valence-corrected chi connectivity index (χ0v) is 12.7. The normalized spacial score (nSPS) is 10.9. The maximum atomic E-state index is 4.71. The second-order valence-corrected chi connectivity index (χ2v) is 4.62. The topological polar surface area (TPSA) is 33.1 Å². The van der Waals surface area contributed by atoms with E-state index in [1.807, 2.05) is 7.05 Å². The molecular weight excluding hydrogens is 260 g/mol. The minimum absolute atomic E-state index is 0. The lowest BCUT2D eigenvalue weighted by atomic mass is 10.2. The first-order valence-electron chi connectivity index (χ1n) is 6.53. The highest BCUT2D eigenvalue weighted by Crippen LogP contribution is 2.19. The number of likely N-dealkylation sites (N-methyl/N-ethyl adjacent to an activating group) is 2. The van der Waals surface area contributed by atoms with Crippen LogP contribution >= 0.6 is 12.4 Å². The lowest BCUT2D eigenvalue weighted by molar-refractivity contribution is 0.324. The molecule has 2 aromatic rings. The van der Waals surface area contributed by atoms with Crippen LogP contribution in [0.25, 0.3) is 10.9 Å². The van der Waals surface area contributed by atoms with Crippen LogP contribution in [0.2, 0.25) is 0 Å². The van der Waals surface area contributed by atoms with Crippen molar-refractivity contribution in [1.82, 2.24) is 20.0 Å². The second-order valence-electron chi connectivity index (χ2n) is 4.62. The predicted octanol–water partition coefficient (Wildman–Crippen LogP) is 2.13. The van der Waals surface area contributed by atoms with Crippen LogP contribution in [-0.4, -0.2) is 41.9 Å². The Hall–Kier alpha value is -1.10. The van der Waals surface area contributed by atoms with Gasteiger partial charge in [0.25, 0.3) is 0 Å². The number of aromatic nitrogens is 2. The van der Waals surface area contributed by atoms with Gasteiger partial charge in [-0.2, -0.15) is 5.10 Å². The Labute approximate surface area is 121 Å². The molecule has 0 saturated carbocycles. The molecular formula is C14H23ClN4. The molecule has 0 spiro atoms. The molecule has 106 valence electrons. The van der Waals surface area contributed by atoms with E-state index < -0.39 is 0 Å². The van der Waals surface area contributed by atoms with Crippen molar-refractivity contribution < 1.29 is 0 Å². The monoisotopic (exact) mass is 282 g/mol. The lowest BCUT2D eigenvalue weighted by Crippen LogP contribution is -2.27. The summed E-state index contributed by atoms with van der Waals surface area (Å²) in [4.78, 5) is 2.30. The molecule has 0 fully saturated rings. The number of benzene rings is 1. The van der Waals surface area contributed by atoms with E-state index in [-0.39, 0.29) is 12.4 Å². The summed E-state index contributed by atoms with van der Waals surface area (Å²) in [6.07, 6.45) is 0. The highest BCUT2D eigenvalue weighted by molar-refractivity contribution is 5.85. The van der Waals surface area contributed by atoms with Gasteiger partial charge >= 0.3 is 0 Å². The summed E-state index contributed by atoms with van der Waals surface area (Å²) in [5.41, 5.74) is 2.41. The number of nitrogens with one attached hydrogen (secondary N) is 1. The molecule has 0 bridgehead atoms. The molecule has 0 saturated heterocycles. The fourth-order valence-corrected chi connectivity index (χ4v) is 2.19. The zero-order valence-electron chi connectivity index (χ0n) is 11.9. The van der Waals surface area contributed by atoms with Gasteiger partial charge in [-0.05, 0) is 27.1 Å². The summed E-state index contributed by atoms with van der Waals surface area (Å²) in [7, 11) is 4.12. The average Bonchev–Trinajstić information content (AvgIpc) is 2.75. The van der Waals surface area contributed by atoms with Crippen molar-refractivity contribution in [2.75, 3.05) is 27.2 Å². The summed E-state index contributed by atoms with van der Waals surface area (Å²) in [5.74, 6) is 0. The molecule has 0 atom stereocenters. The minimum atomic E-state index is 0. The van der Waals surface area contributed by atoms with Gasteiger partial charge in [0, 0.05) is 31.6 Å². The molecule has 0 unspecified atom stereocenters. The summed E-state index contributed by atoms with van der Waals surface area (Å²) >= 11 is 0. The van der Waals surface area contributed by atoms with E-state index in [1.165, 1.54) is 16.6 Å². The van der Waals surface area contributed by atoms with Crippen LogP contribution in [0.5, 0.6) is 0 Å². The van der Waals surface area contributed by atoms with Crippen molar-refractivity contribution in [2.45, 2.75) is 20.0 Å². The standard InChI is InChI=1S/C14H22N4.ClH/c1-4-18-14-8-6-5-7-12(14)13(16-18)11-17(3)10-9-15-2;/h5-8,15H,4,9-11H2,1-3H3;1H. The minimum Gasteiger partial charge on any atom is -0.318 e. The number of rotatable bonds is 6. The van der Waals surface area contributed by atoms with Gasteiger partial charge in [0.15, 0.2) is 0 Å². The van der Waals surface area contributed by atoms with E-state index in [2.05, 4.69) is 53.1 Å². The molecule has 19 heavy (non-hydrogen) atoms. The molecule has 1 heterocycles. The van der Waals surface area contributed by atoms with Gasteiger partial charge in [0.1, 0.15) is 0 Å². The molecule has 2 rings (SSSR count). The molecule has 4 nitrogen and oxygen atoms in total.